The fraction of sp³-hybridized carbons (Fsp3) is 0.480. The van der Waals surface area contributed by atoms with Crippen molar-refractivity contribution in [3.05, 3.63) is 42.4 Å². The number of hydrogen-bond donors (Lipinski definition) is 1. The number of amides is 1. The molecule has 0 radical (unpaired) electrons. The number of carbonyl (C=O) groups is 1. The fourth-order valence-electron chi connectivity index (χ4n) is 5.21. The molecule has 3 aromatic rings. The first-order chi connectivity index (χ1) is 16.1. The maximum absolute atomic E-state index is 12.5. The second-order valence-electron chi connectivity index (χ2n) is 9.51. The zero-order valence-corrected chi connectivity index (χ0v) is 19.0. The predicted octanol–water partition coefficient (Wildman–Crippen LogP) is 2.64. The monoisotopic (exact) mass is 446 g/mol. The lowest BCUT2D eigenvalue weighted by atomic mass is 9.95. The van der Waals surface area contributed by atoms with Crippen molar-refractivity contribution < 1.29 is 9.53 Å². The average Bonchev–Trinajstić information content (AvgIpc) is 3.17. The van der Waals surface area contributed by atoms with Gasteiger partial charge in [-0.2, -0.15) is 5.10 Å². The lowest BCUT2D eigenvalue weighted by Crippen LogP contribution is -2.71. The van der Waals surface area contributed by atoms with Crippen molar-refractivity contribution in [1.29, 1.82) is 0 Å². The zero-order chi connectivity index (χ0) is 22.4. The molecule has 0 bridgehead atoms. The number of nitrogens with one attached hydrogen (secondary N) is 1. The molecule has 0 saturated carbocycles. The minimum absolute atomic E-state index is 0.0283. The molecule has 3 saturated heterocycles. The van der Waals surface area contributed by atoms with Crippen LogP contribution < -0.4 is 5.32 Å². The van der Waals surface area contributed by atoms with E-state index in [0.717, 1.165) is 49.1 Å². The van der Waals surface area contributed by atoms with Crippen LogP contribution in [-0.4, -0.2) is 75.4 Å². The molecule has 1 aromatic carbocycles. The van der Waals surface area contributed by atoms with E-state index in [9.17, 15) is 4.79 Å². The van der Waals surface area contributed by atoms with Crippen LogP contribution in [0, 0.1) is 0 Å². The van der Waals surface area contributed by atoms with Gasteiger partial charge in [-0.05, 0) is 49.0 Å². The number of morpholine rings is 1. The van der Waals surface area contributed by atoms with Crippen LogP contribution >= 0.6 is 0 Å². The van der Waals surface area contributed by atoms with E-state index in [-0.39, 0.29) is 5.91 Å². The molecule has 1 unspecified atom stereocenters. The van der Waals surface area contributed by atoms with Gasteiger partial charge in [0.2, 0.25) is 5.91 Å². The second kappa shape index (κ2) is 8.52. The van der Waals surface area contributed by atoms with E-state index in [1.807, 2.05) is 30.2 Å². The van der Waals surface area contributed by atoms with Gasteiger partial charge in [0.15, 0.2) is 0 Å². The number of carbonyl (C=O) groups excluding carboxylic acids is 1. The molecule has 0 spiro atoms. The summed E-state index contributed by atoms with van der Waals surface area (Å²) in [4.78, 5) is 21.6. The summed E-state index contributed by atoms with van der Waals surface area (Å²) >= 11 is 0. The van der Waals surface area contributed by atoms with E-state index >= 15 is 0 Å². The summed E-state index contributed by atoms with van der Waals surface area (Å²) in [6.45, 7) is 5.21. The number of rotatable bonds is 6. The van der Waals surface area contributed by atoms with Crippen molar-refractivity contribution in [2.24, 2.45) is 7.05 Å². The van der Waals surface area contributed by atoms with Gasteiger partial charge >= 0.3 is 0 Å². The summed E-state index contributed by atoms with van der Waals surface area (Å²) in [6, 6.07) is 8.79. The maximum atomic E-state index is 12.5. The van der Waals surface area contributed by atoms with Crippen molar-refractivity contribution in [2.45, 2.75) is 38.0 Å². The van der Waals surface area contributed by atoms with Gasteiger partial charge in [0.05, 0.1) is 37.2 Å². The summed E-state index contributed by atoms with van der Waals surface area (Å²) < 4.78 is 7.41. The second-order valence-corrected chi connectivity index (χ2v) is 9.51. The number of pyridine rings is 1. The molecule has 1 N–H and O–H groups in total. The Morgan fingerprint density at radius 1 is 1.15 bits per heavy atom. The number of aromatic nitrogens is 3. The summed E-state index contributed by atoms with van der Waals surface area (Å²) in [6.07, 6.45) is 8.01. The van der Waals surface area contributed by atoms with Gasteiger partial charge in [0.25, 0.3) is 0 Å². The topological polar surface area (TPSA) is 75.5 Å². The zero-order valence-electron chi connectivity index (χ0n) is 19.0. The van der Waals surface area contributed by atoms with E-state index in [1.165, 1.54) is 30.5 Å². The van der Waals surface area contributed by atoms with Gasteiger partial charge in [-0.3, -0.25) is 19.3 Å². The summed E-state index contributed by atoms with van der Waals surface area (Å²) in [5, 5.41) is 9.63. The molecule has 5 heterocycles. The normalized spacial score (nSPS) is 23.1. The Bertz CT molecular complexity index is 1180. The molecule has 0 aliphatic carbocycles. The first-order valence-corrected chi connectivity index (χ1v) is 11.9. The molecule has 8 heteroatoms. The molecular weight excluding hydrogens is 416 g/mol. The van der Waals surface area contributed by atoms with Gasteiger partial charge in [-0.1, -0.05) is 18.6 Å². The molecule has 2 atom stereocenters. The van der Waals surface area contributed by atoms with Gasteiger partial charge in [-0.15, -0.1) is 0 Å². The molecule has 1 amide bonds. The van der Waals surface area contributed by atoms with Crippen LogP contribution in [0.4, 0.5) is 5.82 Å². The molecule has 6 rings (SSSR count). The molecule has 8 nitrogen and oxygen atoms in total. The van der Waals surface area contributed by atoms with E-state index < -0.39 is 0 Å². The van der Waals surface area contributed by atoms with Gasteiger partial charge in [0.1, 0.15) is 5.82 Å². The van der Waals surface area contributed by atoms with Crippen molar-refractivity contribution in [3.63, 3.8) is 0 Å². The number of fused-ring (bicyclic) bond motifs is 2. The van der Waals surface area contributed by atoms with Crippen molar-refractivity contribution in [1.82, 2.24) is 24.6 Å². The molecule has 3 aliphatic heterocycles. The smallest absolute Gasteiger partial charge is 0.239 e. The van der Waals surface area contributed by atoms with Crippen LogP contribution in [0.5, 0.6) is 0 Å². The lowest BCUT2D eigenvalue weighted by molar-refractivity contribution is -0.212. The first kappa shape index (κ1) is 20.8. The van der Waals surface area contributed by atoms with E-state index in [2.05, 4.69) is 43.4 Å². The highest BCUT2D eigenvalue weighted by atomic mass is 16.5. The number of likely N-dealkylation sites (tertiary alicyclic amines) is 2. The Morgan fingerprint density at radius 3 is 2.79 bits per heavy atom. The maximum Gasteiger partial charge on any atom is 0.239 e. The quantitative estimate of drug-likeness (QED) is 0.628. The fourth-order valence-corrected chi connectivity index (χ4v) is 5.21. The Hall–Kier alpha value is -2.81. The minimum atomic E-state index is -0.0283. The highest BCUT2D eigenvalue weighted by molar-refractivity contribution is 5.95. The summed E-state index contributed by atoms with van der Waals surface area (Å²) in [5.74, 6) is 0.561. The number of hydrogen-bond acceptors (Lipinski definition) is 6. The van der Waals surface area contributed by atoms with Crippen LogP contribution in [0.15, 0.2) is 36.7 Å². The number of ether oxygens (including phenoxy) is 1. The number of nitrogens with zero attached hydrogens (tertiary/aromatic N) is 5. The minimum Gasteiger partial charge on any atom is -0.373 e. The van der Waals surface area contributed by atoms with Crippen molar-refractivity contribution in [3.8, 4) is 11.1 Å². The Kier molecular flexibility index (Phi) is 5.36. The van der Waals surface area contributed by atoms with Gasteiger partial charge < -0.3 is 10.1 Å². The third-order valence-corrected chi connectivity index (χ3v) is 7.32. The number of benzene rings is 1. The van der Waals surface area contributed by atoms with Crippen LogP contribution in [-0.2, 0) is 23.1 Å². The first-order valence-electron chi connectivity index (χ1n) is 11.9. The lowest BCUT2D eigenvalue weighted by Gasteiger charge is -2.54. The number of anilines is 1. The molecule has 2 aromatic heterocycles. The van der Waals surface area contributed by atoms with Crippen molar-refractivity contribution in [2.75, 3.05) is 38.1 Å². The van der Waals surface area contributed by atoms with Crippen LogP contribution in [0.2, 0.25) is 0 Å². The van der Waals surface area contributed by atoms with E-state index in [4.69, 9.17) is 4.74 Å². The average molecular weight is 447 g/mol. The molecular formula is C25H30N6O2. The molecule has 3 fully saturated rings. The van der Waals surface area contributed by atoms with Crippen LogP contribution in [0.25, 0.3) is 21.9 Å². The van der Waals surface area contributed by atoms with E-state index in [0.29, 0.717) is 24.5 Å². The van der Waals surface area contributed by atoms with Crippen molar-refractivity contribution >= 4 is 22.5 Å². The molecule has 3 aliphatic rings. The van der Waals surface area contributed by atoms with Crippen LogP contribution in [0.3, 0.4) is 0 Å². The van der Waals surface area contributed by atoms with Gasteiger partial charge in [0, 0.05) is 37.3 Å². The largest absolute Gasteiger partial charge is 0.373 e. The molecule has 172 valence electrons. The Labute approximate surface area is 193 Å². The highest BCUT2D eigenvalue weighted by Gasteiger charge is 2.47. The Morgan fingerprint density at radius 2 is 2.03 bits per heavy atom. The van der Waals surface area contributed by atoms with Crippen LogP contribution in [0.1, 0.15) is 25.0 Å². The molecule has 33 heavy (non-hydrogen) atoms. The number of aryl methyl sites for hydroxylation is 1. The number of piperidine rings is 1. The third kappa shape index (κ3) is 4.03. The SMILES string of the molecule is Cn1ncc(-c2ccc3cnc(NC(=O)CN4CC5OC[C@@H]54)cc3c2)c1CN1CCCCC1. The summed E-state index contributed by atoms with van der Waals surface area (Å²) in [5.41, 5.74) is 3.55. The predicted molar refractivity (Wildman–Crippen MR) is 127 cm³/mol. The van der Waals surface area contributed by atoms with E-state index in [1.54, 1.807) is 0 Å². The third-order valence-electron chi connectivity index (χ3n) is 7.32. The standard InChI is InChI=1S/C25H30N6O2/c1-29-21(13-30-7-3-2-4-8-30)20(12-27-29)17-5-6-18-11-26-24(10-19(18)9-17)28-25(32)15-31-14-23-22(31)16-33-23/h5-6,9-12,22-23H,2-4,7-8,13-16H2,1H3,(H,26,28,32)/t22-,23?/m0/s1. The summed E-state index contributed by atoms with van der Waals surface area (Å²) in [7, 11) is 2.03. The highest BCUT2D eigenvalue weighted by Crippen LogP contribution is 2.31. The Balaban J connectivity index is 1.20. The van der Waals surface area contributed by atoms with Gasteiger partial charge in [-0.25, -0.2) is 4.98 Å².